The minimum Gasteiger partial charge on any atom is -0.464 e. The summed E-state index contributed by atoms with van der Waals surface area (Å²) in [6, 6.07) is 0. The van der Waals surface area contributed by atoms with Crippen LogP contribution in [0.25, 0.3) is 0 Å². The zero-order valence-corrected chi connectivity index (χ0v) is 8.70. The molecule has 4 nitrogen and oxygen atoms in total. The van der Waals surface area contributed by atoms with E-state index >= 15 is 0 Å². The van der Waals surface area contributed by atoms with Gasteiger partial charge in [-0.25, -0.2) is 9.18 Å². The van der Waals surface area contributed by atoms with Gasteiger partial charge in [0, 0.05) is 13.0 Å². The second-order valence-corrected chi connectivity index (χ2v) is 3.08. The standard InChI is InChI=1S/C9H17FO4/c1-4-14-9(12)7(10)8(11)6(2)5-13-3/h6-8,11H,4-5H2,1-3H3. The van der Waals surface area contributed by atoms with E-state index in [0.717, 1.165) is 0 Å². The first-order chi connectivity index (χ1) is 6.54. The third kappa shape index (κ3) is 4.02. The molecule has 3 atom stereocenters. The molecule has 0 fully saturated rings. The van der Waals surface area contributed by atoms with Gasteiger partial charge < -0.3 is 14.6 Å². The molecule has 1 N–H and O–H groups in total. The third-order valence-electron chi connectivity index (χ3n) is 1.82. The van der Waals surface area contributed by atoms with E-state index in [1.807, 2.05) is 0 Å². The molecule has 0 spiro atoms. The molecule has 0 amide bonds. The van der Waals surface area contributed by atoms with Crippen molar-refractivity contribution in [3.63, 3.8) is 0 Å². The molecule has 0 saturated heterocycles. The second kappa shape index (κ2) is 6.73. The number of aliphatic hydroxyl groups is 1. The van der Waals surface area contributed by atoms with Gasteiger partial charge in [0.05, 0.1) is 13.2 Å². The summed E-state index contributed by atoms with van der Waals surface area (Å²) in [5.74, 6) is -1.47. The van der Waals surface area contributed by atoms with Crippen LogP contribution < -0.4 is 0 Å². The van der Waals surface area contributed by atoms with Crippen molar-refractivity contribution in [3.05, 3.63) is 0 Å². The Morgan fingerprint density at radius 3 is 2.57 bits per heavy atom. The molecular weight excluding hydrogens is 191 g/mol. The number of ether oxygens (including phenoxy) is 2. The van der Waals surface area contributed by atoms with Gasteiger partial charge in [-0.3, -0.25) is 0 Å². The maximum absolute atomic E-state index is 13.2. The number of halogens is 1. The van der Waals surface area contributed by atoms with Crippen molar-refractivity contribution in [2.45, 2.75) is 26.1 Å². The lowest BCUT2D eigenvalue weighted by atomic mass is 10.0. The molecule has 0 aliphatic carbocycles. The summed E-state index contributed by atoms with van der Waals surface area (Å²) < 4.78 is 22.3. The Kier molecular flexibility index (Phi) is 6.40. The van der Waals surface area contributed by atoms with Crippen LogP contribution in [-0.2, 0) is 14.3 Å². The number of aliphatic hydroxyl groups excluding tert-OH is 1. The van der Waals surface area contributed by atoms with Gasteiger partial charge in [0.1, 0.15) is 6.10 Å². The lowest BCUT2D eigenvalue weighted by Gasteiger charge is -2.20. The molecule has 14 heavy (non-hydrogen) atoms. The van der Waals surface area contributed by atoms with Crippen LogP contribution in [0.15, 0.2) is 0 Å². The number of carbonyl (C=O) groups excluding carboxylic acids is 1. The highest BCUT2D eigenvalue weighted by molar-refractivity contribution is 5.75. The van der Waals surface area contributed by atoms with E-state index in [9.17, 15) is 14.3 Å². The predicted octanol–water partition coefficient (Wildman–Crippen LogP) is 0.531. The highest BCUT2D eigenvalue weighted by Crippen LogP contribution is 2.12. The SMILES string of the molecule is CCOC(=O)C(F)C(O)C(C)COC. The monoisotopic (exact) mass is 208 g/mol. The van der Waals surface area contributed by atoms with E-state index in [0.29, 0.717) is 0 Å². The Bertz CT molecular complexity index is 174. The van der Waals surface area contributed by atoms with E-state index in [1.54, 1.807) is 13.8 Å². The topological polar surface area (TPSA) is 55.8 Å². The largest absolute Gasteiger partial charge is 0.464 e. The number of rotatable bonds is 6. The molecule has 0 radical (unpaired) electrons. The van der Waals surface area contributed by atoms with E-state index in [1.165, 1.54) is 7.11 Å². The molecule has 0 rings (SSSR count). The van der Waals surface area contributed by atoms with Crippen LogP contribution in [-0.4, -0.2) is 43.7 Å². The number of hydrogen-bond donors (Lipinski definition) is 1. The first kappa shape index (κ1) is 13.3. The molecule has 0 saturated carbocycles. The summed E-state index contributed by atoms with van der Waals surface area (Å²) in [7, 11) is 1.45. The molecule has 0 aromatic heterocycles. The summed E-state index contributed by atoms with van der Waals surface area (Å²) in [6.45, 7) is 3.47. The molecule has 0 aliphatic heterocycles. The van der Waals surface area contributed by atoms with Crippen LogP contribution in [0, 0.1) is 5.92 Å². The Hall–Kier alpha value is -0.680. The van der Waals surface area contributed by atoms with Crippen LogP contribution in [0.4, 0.5) is 4.39 Å². The molecule has 0 bridgehead atoms. The fourth-order valence-corrected chi connectivity index (χ4v) is 1.01. The first-order valence-electron chi connectivity index (χ1n) is 4.52. The van der Waals surface area contributed by atoms with Gasteiger partial charge in [-0.2, -0.15) is 0 Å². The summed E-state index contributed by atoms with van der Waals surface area (Å²) in [6.07, 6.45) is -3.38. The minimum atomic E-state index is -2.00. The smallest absolute Gasteiger partial charge is 0.343 e. The summed E-state index contributed by atoms with van der Waals surface area (Å²) >= 11 is 0. The quantitative estimate of drug-likeness (QED) is 0.647. The highest BCUT2D eigenvalue weighted by Gasteiger charge is 2.31. The molecule has 0 aliphatic rings. The number of esters is 1. The molecule has 0 heterocycles. The summed E-state index contributed by atoms with van der Waals surface area (Å²) in [5, 5.41) is 9.36. The van der Waals surface area contributed by atoms with E-state index in [2.05, 4.69) is 4.74 Å². The lowest BCUT2D eigenvalue weighted by Crippen LogP contribution is -2.37. The molecule has 0 aromatic carbocycles. The molecule has 3 unspecified atom stereocenters. The van der Waals surface area contributed by atoms with Crippen molar-refractivity contribution >= 4 is 5.97 Å². The predicted molar refractivity (Wildman–Crippen MR) is 48.6 cm³/mol. The molecular formula is C9H17FO4. The van der Waals surface area contributed by atoms with Crippen molar-refractivity contribution < 1.29 is 23.8 Å². The minimum absolute atomic E-state index is 0.102. The molecule has 5 heteroatoms. The molecule has 0 aromatic rings. The Labute approximate surface area is 83.0 Å². The van der Waals surface area contributed by atoms with E-state index in [4.69, 9.17) is 4.74 Å². The van der Waals surface area contributed by atoms with Crippen molar-refractivity contribution in [2.24, 2.45) is 5.92 Å². The second-order valence-electron chi connectivity index (χ2n) is 3.08. The van der Waals surface area contributed by atoms with Gasteiger partial charge in [-0.1, -0.05) is 6.92 Å². The maximum Gasteiger partial charge on any atom is 0.343 e. The fraction of sp³-hybridized carbons (Fsp3) is 0.889. The number of methoxy groups -OCH3 is 1. The number of carbonyl (C=O) groups is 1. The van der Waals surface area contributed by atoms with Gasteiger partial charge in [0.2, 0.25) is 6.17 Å². The summed E-state index contributed by atoms with van der Waals surface area (Å²) in [4.78, 5) is 10.9. The van der Waals surface area contributed by atoms with Gasteiger partial charge in [0.15, 0.2) is 0 Å². The van der Waals surface area contributed by atoms with Crippen LogP contribution in [0.2, 0.25) is 0 Å². The average molecular weight is 208 g/mol. The fourth-order valence-electron chi connectivity index (χ4n) is 1.01. The van der Waals surface area contributed by atoms with Crippen molar-refractivity contribution in [1.82, 2.24) is 0 Å². The lowest BCUT2D eigenvalue weighted by molar-refractivity contribution is -0.155. The normalized spacial score (nSPS) is 17.2. The Balaban J connectivity index is 4.08. The van der Waals surface area contributed by atoms with Crippen LogP contribution in [0.3, 0.4) is 0 Å². The highest BCUT2D eigenvalue weighted by atomic mass is 19.1. The zero-order valence-electron chi connectivity index (χ0n) is 8.70. The Morgan fingerprint density at radius 2 is 2.14 bits per heavy atom. The molecule has 84 valence electrons. The van der Waals surface area contributed by atoms with Crippen molar-refractivity contribution in [3.8, 4) is 0 Å². The van der Waals surface area contributed by atoms with Gasteiger partial charge in [0.25, 0.3) is 0 Å². The summed E-state index contributed by atoms with van der Waals surface area (Å²) in [5.41, 5.74) is 0. The number of hydrogen-bond acceptors (Lipinski definition) is 4. The Morgan fingerprint density at radius 1 is 1.57 bits per heavy atom. The van der Waals surface area contributed by atoms with E-state index < -0.39 is 24.2 Å². The van der Waals surface area contributed by atoms with Crippen LogP contribution >= 0.6 is 0 Å². The van der Waals surface area contributed by atoms with Gasteiger partial charge in [-0.05, 0) is 6.92 Å². The first-order valence-corrected chi connectivity index (χ1v) is 4.52. The van der Waals surface area contributed by atoms with Crippen LogP contribution in [0.1, 0.15) is 13.8 Å². The third-order valence-corrected chi connectivity index (χ3v) is 1.82. The van der Waals surface area contributed by atoms with Crippen molar-refractivity contribution in [2.75, 3.05) is 20.3 Å². The van der Waals surface area contributed by atoms with Gasteiger partial charge in [-0.15, -0.1) is 0 Å². The van der Waals surface area contributed by atoms with Crippen molar-refractivity contribution in [1.29, 1.82) is 0 Å². The maximum atomic E-state index is 13.2. The van der Waals surface area contributed by atoms with Gasteiger partial charge >= 0.3 is 5.97 Å². The number of alkyl halides is 1. The average Bonchev–Trinajstić information content (AvgIpc) is 2.16. The zero-order chi connectivity index (χ0) is 11.1. The van der Waals surface area contributed by atoms with E-state index in [-0.39, 0.29) is 13.2 Å². The van der Waals surface area contributed by atoms with Crippen LogP contribution in [0.5, 0.6) is 0 Å².